The van der Waals surface area contributed by atoms with Crippen LogP contribution in [-0.2, 0) is 6.18 Å². The van der Waals surface area contributed by atoms with Crippen LogP contribution >= 0.6 is 0 Å². The molecule has 130 valence electrons. The second-order valence-corrected chi connectivity index (χ2v) is 5.03. The summed E-state index contributed by atoms with van der Waals surface area (Å²) in [7, 11) is 0. The highest BCUT2D eigenvalue weighted by Crippen LogP contribution is 2.28. The van der Waals surface area contributed by atoms with Gasteiger partial charge in [0.05, 0.1) is 0 Å². The zero-order valence-corrected chi connectivity index (χ0v) is 12.9. The van der Waals surface area contributed by atoms with E-state index in [0.717, 1.165) is 18.2 Å². The summed E-state index contributed by atoms with van der Waals surface area (Å²) in [4.78, 5) is 19.4. The van der Waals surface area contributed by atoms with Gasteiger partial charge >= 0.3 is 6.18 Å². The van der Waals surface area contributed by atoms with E-state index in [1.807, 2.05) is 0 Å². The predicted octanol–water partition coefficient (Wildman–Crippen LogP) is 3.88. The van der Waals surface area contributed by atoms with Crippen LogP contribution in [0.5, 0.6) is 0 Å². The molecule has 0 fully saturated rings. The van der Waals surface area contributed by atoms with Gasteiger partial charge < -0.3 is 4.42 Å². The first-order chi connectivity index (χ1) is 12.4. The summed E-state index contributed by atoms with van der Waals surface area (Å²) in [6.07, 6.45) is -4.68. The summed E-state index contributed by atoms with van der Waals surface area (Å²) in [5.41, 5.74) is -1.31. The van der Waals surface area contributed by atoms with Crippen molar-refractivity contribution in [1.29, 1.82) is 5.26 Å². The van der Waals surface area contributed by atoms with Crippen molar-refractivity contribution in [2.45, 2.75) is 6.18 Å². The number of benzene rings is 1. The number of nitrogens with one attached hydrogen (secondary N) is 1. The van der Waals surface area contributed by atoms with E-state index in [9.17, 15) is 18.0 Å². The Balaban J connectivity index is 1.89. The summed E-state index contributed by atoms with van der Waals surface area (Å²) < 4.78 is 43.5. The van der Waals surface area contributed by atoms with E-state index < -0.39 is 23.5 Å². The molecule has 0 unspecified atom stereocenters. The highest BCUT2D eigenvalue weighted by molar-refractivity contribution is 6.02. The van der Waals surface area contributed by atoms with Gasteiger partial charge in [-0.05, 0) is 24.3 Å². The molecule has 26 heavy (non-hydrogen) atoms. The lowest BCUT2D eigenvalue weighted by Crippen LogP contribution is -2.17. The van der Waals surface area contributed by atoms with Crippen LogP contribution in [0.1, 0.15) is 21.9 Å². The van der Waals surface area contributed by atoms with E-state index in [1.165, 1.54) is 0 Å². The van der Waals surface area contributed by atoms with Crippen LogP contribution in [0, 0.1) is 11.3 Å². The fraction of sp³-hybridized carbons (Fsp3) is 0.0588. The molecule has 6 nitrogen and oxygen atoms in total. The minimum absolute atomic E-state index is 0.0921. The zero-order chi connectivity index (χ0) is 18.7. The number of hydrogen-bond acceptors (Lipinski definition) is 5. The molecule has 0 atom stereocenters. The molecule has 1 amide bonds. The first-order valence-electron chi connectivity index (χ1n) is 7.20. The SMILES string of the molecule is N#Cc1nc(-c2ccccc2)oc1NC(=O)c1cccc(C(F)(F)F)n1. The van der Waals surface area contributed by atoms with Gasteiger partial charge in [0, 0.05) is 5.56 Å². The van der Waals surface area contributed by atoms with Gasteiger partial charge in [0.1, 0.15) is 17.5 Å². The predicted molar refractivity (Wildman–Crippen MR) is 83.8 cm³/mol. The third-order valence-corrected chi connectivity index (χ3v) is 3.25. The Bertz CT molecular complexity index is 991. The number of nitrogens with zero attached hydrogens (tertiary/aromatic N) is 3. The van der Waals surface area contributed by atoms with Crippen LogP contribution in [0.3, 0.4) is 0 Å². The molecular weight excluding hydrogens is 349 g/mol. The first-order valence-corrected chi connectivity index (χ1v) is 7.20. The maximum Gasteiger partial charge on any atom is 0.433 e. The standard InChI is InChI=1S/C17H9F3N4O2/c18-17(19,20)13-8-4-7-11(22-13)14(25)24-16-12(9-21)23-15(26-16)10-5-2-1-3-6-10/h1-8H,(H,24,25). The van der Waals surface area contributed by atoms with E-state index in [-0.39, 0.29) is 17.5 Å². The van der Waals surface area contributed by atoms with Gasteiger partial charge in [-0.3, -0.25) is 10.1 Å². The van der Waals surface area contributed by atoms with Crippen molar-refractivity contribution in [3.63, 3.8) is 0 Å². The van der Waals surface area contributed by atoms with Gasteiger partial charge in [0.2, 0.25) is 17.5 Å². The van der Waals surface area contributed by atoms with E-state index in [1.54, 1.807) is 36.4 Å². The molecule has 0 radical (unpaired) electrons. The van der Waals surface area contributed by atoms with Gasteiger partial charge in [0.25, 0.3) is 5.91 Å². The number of alkyl halides is 3. The molecule has 0 saturated heterocycles. The molecule has 1 N–H and O–H groups in total. The minimum Gasteiger partial charge on any atom is -0.419 e. The molecule has 9 heteroatoms. The van der Waals surface area contributed by atoms with Crippen molar-refractivity contribution in [2.24, 2.45) is 0 Å². The van der Waals surface area contributed by atoms with E-state index >= 15 is 0 Å². The second kappa shape index (κ2) is 6.68. The van der Waals surface area contributed by atoms with Crippen molar-refractivity contribution in [3.05, 3.63) is 65.6 Å². The lowest BCUT2D eigenvalue weighted by atomic mass is 10.2. The second-order valence-electron chi connectivity index (χ2n) is 5.03. The van der Waals surface area contributed by atoms with E-state index in [0.29, 0.717) is 5.56 Å². The van der Waals surface area contributed by atoms with Crippen molar-refractivity contribution in [3.8, 4) is 17.5 Å². The van der Waals surface area contributed by atoms with E-state index in [4.69, 9.17) is 9.68 Å². The Kier molecular flexibility index (Phi) is 4.41. The molecule has 0 bridgehead atoms. The monoisotopic (exact) mass is 358 g/mol. The van der Waals surface area contributed by atoms with Crippen LogP contribution < -0.4 is 5.32 Å². The molecule has 0 saturated carbocycles. The summed E-state index contributed by atoms with van der Waals surface area (Å²) in [5, 5.41) is 11.4. The number of aromatic nitrogens is 2. The third-order valence-electron chi connectivity index (χ3n) is 3.25. The van der Waals surface area contributed by atoms with Crippen molar-refractivity contribution in [1.82, 2.24) is 9.97 Å². The fourth-order valence-electron chi connectivity index (χ4n) is 2.07. The topological polar surface area (TPSA) is 91.8 Å². The number of oxazole rings is 1. The van der Waals surface area contributed by atoms with Crippen LogP contribution in [0.15, 0.2) is 52.9 Å². The maximum absolute atomic E-state index is 12.7. The van der Waals surface area contributed by atoms with Gasteiger partial charge in [-0.15, -0.1) is 0 Å². The lowest BCUT2D eigenvalue weighted by molar-refractivity contribution is -0.141. The van der Waals surface area contributed by atoms with Gasteiger partial charge in [-0.1, -0.05) is 24.3 Å². The van der Waals surface area contributed by atoms with Crippen molar-refractivity contribution in [2.75, 3.05) is 5.32 Å². The first kappa shape index (κ1) is 17.2. The molecular formula is C17H9F3N4O2. The van der Waals surface area contributed by atoms with E-state index in [2.05, 4.69) is 15.3 Å². The molecule has 3 aromatic rings. The minimum atomic E-state index is -4.68. The van der Waals surface area contributed by atoms with Crippen LogP contribution in [0.2, 0.25) is 0 Å². The molecule has 0 spiro atoms. The molecule has 3 rings (SSSR count). The number of carbonyl (C=O) groups is 1. The van der Waals surface area contributed by atoms with Crippen LogP contribution in [-0.4, -0.2) is 15.9 Å². The fourth-order valence-corrected chi connectivity index (χ4v) is 2.07. The number of nitriles is 1. The molecule has 1 aromatic carbocycles. The average Bonchev–Trinajstić information content (AvgIpc) is 3.04. The Morgan fingerprint density at radius 2 is 1.81 bits per heavy atom. The van der Waals surface area contributed by atoms with Gasteiger partial charge in [-0.25, -0.2) is 4.98 Å². The number of carbonyl (C=O) groups excluding carboxylic acids is 1. The molecule has 2 heterocycles. The number of anilines is 1. The summed E-state index contributed by atoms with van der Waals surface area (Å²) >= 11 is 0. The van der Waals surface area contributed by atoms with Gasteiger partial charge in [0.15, 0.2) is 0 Å². The van der Waals surface area contributed by atoms with Crippen molar-refractivity contribution < 1.29 is 22.4 Å². The number of pyridine rings is 1. The third kappa shape index (κ3) is 3.54. The summed E-state index contributed by atoms with van der Waals surface area (Å²) in [6, 6.07) is 13.3. The maximum atomic E-state index is 12.7. The summed E-state index contributed by atoms with van der Waals surface area (Å²) in [6.45, 7) is 0. The number of halogens is 3. The Labute approximate surface area is 144 Å². The molecule has 0 aliphatic rings. The quantitative estimate of drug-likeness (QED) is 0.767. The average molecular weight is 358 g/mol. The Morgan fingerprint density at radius 3 is 2.46 bits per heavy atom. The Hall–Kier alpha value is -3.67. The highest BCUT2D eigenvalue weighted by Gasteiger charge is 2.33. The van der Waals surface area contributed by atoms with Gasteiger partial charge in [-0.2, -0.15) is 23.4 Å². The summed E-state index contributed by atoms with van der Waals surface area (Å²) in [5.74, 6) is -1.13. The lowest BCUT2D eigenvalue weighted by Gasteiger charge is -2.07. The molecule has 0 aliphatic carbocycles. The largest absolute Gasteiger partial charge is 0.433 e. The number of rotatable bonds is 3. The molecule has 0 aliphatic heterocycles. The Morgan fingerprint density at radius 1 is 1.08 bits per heavy atom. The zero-order valence-electron chi connectivity index (χ0n) is 12.9. The number of hydrogen-bond donors (Lipinski definition) is 1. The van der Waals surface area contributed by atoms with Crippen molar-refractivity contribution >= 4 is 11.8 Å². The number of amides is 1. The van der Waals surface area contributed by atoms with Crippen LogP contribution in [0.4, 0.5) is 19.1 Å². The van der Waals surface area contributed by atoms with Crippen LogP contribution in [0.25, 0.3) is 11.5 Å². The molecule has 2 aromatic heterocycles. The normalized spacial score (nSPS) is 11.0. The smallest absolute Gasteiger partial charge is 0.419 e. The highest BCUT2D eigenvalue weighted by atomic mass is 19.4.